The molecule has 3 rings (SSSR count). The van der Waals surface area contributed by atoms with Gasteiger partial charge in [-0.25, -0.2) is 13.2 Å². The lowest BCUT2D eigenvalue weighted by Crippen LogP contribution is -2.57. The van der Waals surface area contributed by atoms with Gasteiger partial charge < -0.3 is 9.47 Å². The molecule has 1 amide bonds. The molecule has 0 aliphatic carbocycles. The Morgan fingerprint density at radius 3 is 2.62 bits per heavy atom. The summed E-state index contributed by atoms with van der Waals surface area (Å²) in [6.45, 7) is 6.39. The van der Waals surface area contributed by atoms with Crippen LogP contribution in [0.3, 0.4) is 0 Å². The number of fused-ring (bicyclic) bond motifs is 2. The van der Waals surface area contributed by atoms with E-state index < -0.39 is 15.4 Å². The van der Waals surface area contributed by atoms with Gasteiger partial charge in [0.25, 0.3) is 0 Å². The molecule has 2 aliphatic rings. The van der Waals surface area contributed by atoms with E-state index in [1.54, 1.807) is 23.1 Å². The summed E-state index contributed by atoms with van der Waals surface area (Å²) in [5, 5.41) is 0. The fraction of sp³-hybridized carbons (Fsp3) is 0.526. The maximum atomic E-state index is 12.6. The summed E-state index contributed by atoms with van der Waals surface area (Å²) in [5.41, 5.74) is 1.35. The molecule has 2 aliphatic heterocycles. The first-order valence-electron chi connectivity index (χ1n) is 8.65. The van der Waals surface area contributed by atoms with Crippen molar-refractivity contribution in [1.82, 2.24) is 4.90 Å². The van der Waals surface area contributed by atoms with E-state index >= 15 is 0 Å². The number of sulfone groups is 1. The maximum Gasteiger partial charge on any atom is 0.411 e. The molecule has 0 saturated carbocycles. The van der Waals surface area contributed by atoms with Crippen molar-refractivity contribution < 1.29 is 22.7 Å². The third-order valence-corrected chi connectivity index (χ3v) is 5.55. The summed E-state index contributed by atoms with van der Waals surface area (Å²) in [7, 11) is -3.26. The molecule has 2 heterocycles. The maximum absolute atomic E-state index is 12.6. The van der Waals surface area contributed by atoms with Gasteiger partial charge in [-0.15, -0.1) is 0 Å². The number of rotatable bonds is 2. The van der Waals surface area contributed by atoms with Gasteiger partial charge in [0.1, 0.15) is 5.60 Å². The van der Waals surface area contributed by atoms with Gasteiger partial charge in [0.15, 0.2) is 9.84 Å². The van der Waals surface area contributed by atoms with Crippen LogP contribution < -0.4 is 0 Å². The number of hydrogen-bond acceptors (Lipinski definition) is 5. The summed E-state index contributed by atoms with van der Waals surface area (Å²) >= 11 is 0. The van der Waals surface area contributed by atoms with Crippen LogP contribution in [-0.4, -0.2) is 56.6 Å². The minimum Gasteiger partial charge on any atom is -0.444 e. The number of morpholine rings is 1. The molecule has 1 fully saturated rings. The number of ether oxygens (including phenoxy) is 2. The van der Waals surface area contributed by atoms with Crippen LogP contribution in [0.5, 0.6) is 0 Å². The molecule has 0 radical (unpaired) electrons. The Bertz CT molecular complexity index is 838. The molecule has 142 valence electrons. The normalized spacial score (nSPS) is 23.4. The Kier molecular flexibility index (Phi) is 4.88. The zero-order valence-corrected chi connectivity index (χ0v) is 16.4. The molecule has 2 bridgehead atoms. The first kappa shape index (κ1) is 18.9. The van der Waals surface area contributed by atoms with Crippen LogP contribution in [0, 0.1) is 0 Å². The predicted octanol–water partition coefficient (Wildman–Crippen LogP) is 2.88. The van der Waals surface area contributed by atoms with E-state index in [0.717, 1.165) is 11.1 Å². The summed E-state index contributed by atoms with van der Waals surface area (Å²) in [6.07, 6.45) is 3.45. The highest BCUT2D eigenvalue weighted by molar-refractivity contribution is 7.90. The molecular weight excluding hydrogens is 354 g/mol. The zero-order chi connectivity index (χ0) is 19.1. The minimum atomic E-state index is -3.26. The topological polar surface area (TPSA) is 72.9 Å². The Labute approximate surface area is 154 Å². The highest BCUT2D eigenvalue weighted by atomic mass is 32.2. The predicted molar refractivity (Wildman–Crippen MR) is 98.6 cm³/mol. The monoisotopic (exact) mass is 379 g/mol. The van der Waals surface area contributed by atoms with Crippen molar-refractivity contribution in [2.45, 2.75) is 49.8 Å². The van der Waals surface area contributed by atoms with Crippen molar-refractivity contribution in [2.75, 3.05) is 19.5 Å². The highest BCUT2D eigenvalue weighted by Crippen LogP contribution is 2.34. The molecule has 2 unspecified atom stereocenters. The van der Waals surface area contributed by atoms with E-state index in [1.165, 1.54) is 6.26 Å². The second-order valence-electron chi connectivity index (χ2n) is 7.84. The molecule has 1 aromatic rings. The first-order valence-corrected chi connectivity index (χ1v) is 10.5. The number of hydrogen-bond donors (Lipinski definition) is 0. The van der Waals surface area contributed by atoms with Crippen LogP contribution in [0.25, 0.3) is 5.57 Å². The number of carbonyl (C=O) groups is 1. The van der Waals surface area contributed by atoms with Crippen molar-refractivity contribution in [3.05, 3.63) is 35.9 Å². The summed E-state index contributed by atoms with van der Waals surface area (Å²) in [6, 6.07) is 6.61. The standard InChI is InChI=1S/C19H25NO5S/c1-19(2,3)25-18(21)20-15-8-14(9-16(20)12-24-11-15)13-6-5-7-17(10-13)26(4,22)23/h5-8,10,15-16H,9,11-12H2,1-4H3. The van der Waals surface area contributed by atoms with Crippen molar-refractivity contribution in [3.8, 4) is 0 Å². The van der Waals surface area contributed by atoms with Crippen molar-refractivity contribution in [3.63, 3.8) is 0 Å². The van der Waals surface area contributed by atoms with Crippen molar-refractivity contribution in [2.24, 2.45) is 0 Å². The second-order valence-corrected chi connectivity index (χ2v) is 9.86. The zero-order valence-electron chi connectivity index (χ0n) is 15.6. The summed E-state index contributed by atoms with van der Waals surface area (Å²) < 4.78 is 34.8. The fourth-order valence-corrected chi connectivity index (χ4v) is 4.00. The molecule has 1 aromatic carbocycles. The van der Waals surface area contributed by atoms with Gasteiger partial charge in [-0.3, -0.25) is 4.90 Å². The lowest BCUT2D eigenvalue weighted by Gasteiger charge is -2.44. The van der Waals surface area contributed by atoms with Crippen LogP contribution in [0.4, 0.5) is 4.79 Å². The van der Waals surface area contributed by atoms with Crippen LogP contribution in [0.15, 0.2) is 35.2 Å². The smallest absolute Gasteiger partial charge is 0.411 e. The van der Waals surface area contributed by atoms with E-state index in [4.69, 9.17) is 9.47 Å². The third-order valence-electron chi connectivity index (χ3n) is 4.44. The Morgan fingerprint density at radius 2 is 2.00 bits per heavy atom. The van der Waals surface area contributed by atoms with Gasteiger partial charge in [-0.2, -0.15) is 0 Å². The largest absolute Gasteiger partial charge is 0.444 e. The number of nitrogens with zero attached hydrogens (tertiary/aromatic N) is 1. The quantitative estimate of drug-likeness (QED) is 0.790. The Balaban J connectivity index is 1.90. The van der Waals surface area contributed by atoms with Crippen LogP contribution >= 0.6 is 0 Å². The van der Waals surface area contributed by atoms with E-state index in [1.807, 2.05) is 32.9 Å². The van der Waals surface area contributed by atoms with Gasteiger partial charge in [0.05, 0.1) is 30.2 Å². The molecule has 26 heavy (non-hydrogen) atoms. The molecule has 0 aromatic heterocycles. The molecule has 6 nitrogen and oxygen atoms in total. The number of carbonyl (C=O) groups excluding carboxylic acids is 1. The highest BCUT2D eigenvalue weighted by Gasteiger charge is 2.40. The molecule has 2 atom stereocenters. The van der Waals surface area contributed by atoms with E-state index in [2.05, 4.69) is 0 Å². The molecule has 0 spiro atoms. The average molecular weight is 379 g/mol. The van der Waals surface area contributed by atoms with E-state index in [0.29, 0.717) is 24.5 Å². The summed E-state index contributed by atoms with van der Waals surface area (Å²) in [4.78, 5) is 14.6. The van der Waals surface area contributed by atoms with Crippen LogP contribution in [0.1, 0.15) is 32.8 Å². The Hall–Kier alpha value is -1.86. The SMILES string of the molecule is CC(C)(C)OC(=O)N1C2C=C(c3cccc(S(C)(=O)=O)c3)CC1COC2. The number of amides is 1. The summed E-state index contributed by atoms with van der Waals surface area (Å²) in [5.74, 6) is 0. The second kappa shape index (κ2) is 6.70. The van der Waals surface area contributed by atoms with Gasteiger partial charge in [0.2, 0.25) is 0 Å². The van der Waals surface area contributed by atoms with Gasteiger partial charge in [-0.05, 0) is 50.5 Å². The van der Waals surface area contributed by atoms with Crippen molar-refractivity contribution >= 4 is 21.5 Å². The van der Waals surface area contributed by atoms with Crippen molar-refractivity contribution in [1.29, 1.82) is 0 Å². The van der Waals surface area contributed by atoms with Gasteiger partial charge >= 0.3 is 6.09 Å². The molecule has 0 N–H and O–H groups in total. The lowest BCUT2D eigenvalue weighted by molar-refractivity contribution is -0.0510. The minimum absolute atomic E-state index is 0.120. The lowest BCUT2D eigenvalue weighted by atomic mass is 9.90. The van der Waals surface area contributed by atoms with Crippen LogP contribution in [0.2, 0.25) is 0 Å². The van der Waals surface area contributed by atoms with Gasteiger partial charge in [-0.1, -0.05) is 18.2 Å². The molecular formula is C19H25NO5S. The fourth-order valence-electron chi connectivity index (χ4n) is 3.34. The Morgan fingerprint density at radius 1 is 1.27 bits per heavy atom. The molecule has 7 heteroatoms. The van der Waals surface area contributed by atoms with E-state index in [9.17, 15) is 13.2 Å². The van der Waals surface area contributed by atoms with Gasteiger partial charge in [0, 0.05) is 6.26 Å². The van der Waals surface area contributed by atoms with E-state index in [-0.39, 0.29) is 18.2 Å². The first-order chi connectivity index (χ1) is 12.0. The molecule has 1 saturated heterocycles. The van der Waals surface area contributed by atoms with Crippen LogP contribution in [-0.2, 0) is 19.3 Å². The number of benzene rings is 1. The average Bonchev–Trinajstić information content (AvgIpc) is 2.51. The third kappa shape index (κ3) is 4.10.